The molecule has 1 heterocycles. The van der Waals surface area contributed by atoms with Crippen LogP contribution in [-0.2, 0) is 28.3 Å². The predicted octanol–water partition coefficient (Wildman–Crippen LogP) is 1.38. The van der Waals surface area contributed by atoms with Gasteiger partial charge >= 0.3 is 0 Å². The van der Waals surface area contributed by atoms with E-state index in [0.29, 0.717) is 18.1 Å². The van der Waals surface area contributed by atoms with Crippen LogP contribution in [-0.4, -0.2) is 38.4 Å². The van der Waals surface area contributed by atoms with Crippen molar-refractivity contribution in [2.75, 3.05) is 19.5 Å². The summed E-state index contributed by atoms with van der Waals surface area (Å²) in [7, 11) is 2.53. The van der Waals surface area contributed by atoms with Crippen molar-refractivity contribution >= 4 is 10.8 Å². The summed E-state index contributed by atoms with van der Waals surface area (Å²) in [5.74, 6) is 2.44. The summed E-state index contributed by atoms with van der Waals surface area (Å²) in [6, 6.07) is 9.84. The number of hydrogen-bond donors (Lipinski definition) is 0. The lowest BCUT2D eigenvalue weighted by atomic mass is 10.2. The highest BCUT2D eigenvalue weighted by atomic mass is 32.2. The quantitative estimate of drug-likeness (QED) is 0.801. The van der Waals surface area contributed by atoms with Crippen LogP contribution in [0.4, 0.5) is 0 Å². The topological polar surface area (TPSA) is 57.0 Å². The average Bonchev–Trinajstić information content (AvgIpc) is 2.79. The van der Waals surface area contributed by atoms with Crippen molar-refractivity contribution in [3.05, 3.63) is 36.2 Å². The van der Waals surface area contributed by atoms with Gasteiger partial charge in [0.15, 0.2) is 5.82 Å². The molecule has 0 fully saturated rings. The molecule has 2 aromatic rings. The van der Waals surface area contributed by atoms with Gasteiger partial charge in [0.1, 0.15) is 5.82 Å². The van der Waals surface area contributed by atoms with E-state index in [1.165, 1.54) is 0 Å². The van der Waals surface area contributed by atoms with Gasteiger partial charge in [0.2, 0.25) is 0 Å². The zero-order valence-electron chi connectivity index (χ0n) is 11.1. The highest BCUT2D eigenvalue weighted by molar-refractivity contribution is 7.84. The van der Waals surface area contributed by atoms with E-state index in [1.54, 1.807) is 7.11 Å². The van der Waals surface area contributed by atoms with E-state index in [9.17, 15) is 4.21 Å². The van der Waals surface area contributed by atoms with E-state index in [0.717, 1.165) is 17.2 Å². The Bertz CT molecular complexity index is 554. The number of rotatable bonds is 6. The van der Waals surface area contributed by atoms with E-state index >= 15 is 0 Å². The largest absolute Gasteiger partial charge is 0.384 e. The summed E-state index contributed by atoms with van der Waals surface area (Å²) in [6.45, 7) is 0.496. The third-order valence-electron chi connectivity index (χ3n) is 2.80. The zero-order chi connectivity index (χ0) is 13.7. The van der Waals surface area contributed by atoms with Gasteiger partial charge in [-0.25, -0.2) is 0 Å². The number of aromatic nitrogens is 3. The van der Waals surface area contributed by atoms with Gasteiger partial charge < -0.3 is 9.30 Å². The van der Waals surface area contributed by atoms with E-state index in [4.69, 9.17) is 4.74 Å². The number of benzene rings is 1. The minimum Gasteiger partial charge on any atom is -0.384 e. The Morgan fingerprint density at radius 2 is 2.00 bits per heavy atom. The molecule has 0 bridgehead atoms. The Kier molecular flexibility index (Phi) is 4.81. The van der Waals surface area contributed by atoms with Gasteiger partial charge in [-0.05, 0) is 0 Å². The number of nitrogens with zero attached hydrogens (tertiary/aromatic N) is 3. The molecule has 0 aliphatic rings. The molecular formula is C13H17N3O2S. The maximum Gasteiger partial charge on any atom is 0.163 e. The Hall–Kier alpha value is -1.53. The average molecular weight is 279 g/mol. The van der Waals surface area contributed by atoms with Crippen LogP contribution in [0.5, 0.6) is 0 Å². The molecular weight excluding hydrogens is 262 g/mol. The summed E-state index contributed by atoms with van der Waals surface area (Å²) < 4.78 is 18.6. The van der Waals surface area contributed by atoms with Gasteiger partial charge in [-0.2, -0.15) is 0 Å². The van der Waals surface area contributed by atoms with Crippen LogP contribution in [0, 0.1) is 0 Å². The monoisotopic (exact) mass is 279 g/mol. The number of methoxy groups -OCH3 is 1. The van der Waals surface area contributed by atoms with E-state index in [1.807, 2.05) is 41.9 Å². The van der Waals surface area contributed by atoms with Crippen LogP contribution in [0.15, 0.2) is 30.3 Å². The molecule has 0 spiro atoms. The Labute approximate surface area is 115 Å². The normalized spacial score (nSPS) is 12.5. The van der Waals surface area contributed by atoms with Crippen molar-refractivity contribution in [2.24, 2.45) is 7.05 Å². The van der Waals surface area contributed by atoms with Crippen LogP contribution in [0.2, 0.25) is 0 Å². The molecule has 19 heavy (non-hydrogen) atoms. The Morgan fingerprint density at radius 1 is 1.26 bits per heavy atom. The van der Waals surface area contributed by atoms with Gasteiger partial charge in [-0.3, -0.25) is 4.21 Å². The smallest absolute Gasteiger partial charge is 0.163 e. The molecule has 0 N–H and O–H groups in total. The Morgan fingerprint density at radius 3 is 2.68 bits per heavy atom. The lowest BCUT2D eigenvalue weighted by Gasteiger charge is -2.04. The van der Waals surface area contributed by atoms with Crippen LogP contribution in [0.3, 0.4) is 0 Å². The van der Waals surface area contributed by atoms with Crippen LogP contribution in [0.25, 0.3) is 11.4 Å². The summed E-state index contributed by atoms with van der Waals surface area (Å²) in [4.78, 5) is 0. The standard InChI is InChI=1S/C13H17N3O2S/c1-16-12(10-19(17)9-8-18-2)14-15-13(16)11-6-4-3-5-7-11/h3-7H,8-10H2,1-2H3/t19-/m0/s1. The van der Waals surface area contributed by atoms with Crippen molar-refractivity contribution in [1.82, 2.24) is 14.8 Å². The molecule has 0 saturated carbocycles. The van der Waals surface area contributed by atoms with Crippen molar-refractivity contribution < 1.29 is 8.95 Å². The van der Waals surface area contributed by atoms with Gasteiger partial charge in [0.05, 0.1) is 12.4 Å². The first-order chi connectivity index (χ1) is 9.22. The predicted molar refractivity (Wildman–Crippen MR) is 75.0 cm³/mol. The van der Waals surface area contributed by atoms with Gasteiger partial charge in [-0.15, -0.1) is 10.2 Å². The lowest BCUT2D eigenvalue weighted by Crippen LogP contribution is -2.10. The maximum absolute atomic E-state index is 11.8. The molecule has 0 saturated heterocycles. The zero-order valence-corrected chi connectivity index (χ0v) is 11.9. The second-order valence-corrected chi connectivity index (χ2v) is 5.72. The molecule has 1 aromatic carbocycles. The fraction of sp³-hybridized carbons (Fsp3) is 0.385. The molecule has 0 aliphatic heterocycles. The fourth-order valence-electron chi connectivity index (χ4n) is 1.72. The third kappa shape index (κ3) is 3.48. The summed E-state index contributed by atoms with van der Waals surface area (Å²) in [6.07, 6.45) is 0. The van der Waals surface area contributed by atoms with Crippen LogP contribution in [0.1, 0.15) is 5.82 Å². The summed E-state index contributed by atoms with van der Waals surface area (Å²) >= 11 is 0. The molecule has 6 heteroatoms. The summed E-state index contributed by atoms with van der Waals surface area (Å²) in [5, 5.41) is 8.29. The van der Waals surface area contributed by atoms with E-state index < -0.39 is 10.8 Å². The molecule has 5 nitrogen and oxygen atoms in total. The molecule has 0 amide bonds. The molecule has 0 radical (unpaired) electrons. The molecule has 1 aromatic heterocycles. The van der Waals surface area contributed by atoms with E-state index in [2.05, 4.69) is 10.2 Å². The molecule has 0 aliphatic carbocycles. The minimum atomic E-state index is -0.973. The second kappa shape index (κ2) is 6.58. The summed E-state index contributed by atoms with van der Waals surface area (Å²) in [5.41, 5.74) is 1.01. The van der Waals surface area contributed by atoms with Crippen LogP contribution < -0.4 is 0 Å². The minimum absolute atomic E-state index is 0.402. The van der Waals surface area contributed by atoms with Gasteiger partial charge in [0.25, 0.3) is 0 Å². The first kappa shape index (κ1) is 13.9. The highest BCUT2D eigenvalue weighted by Gasteiger charge is 2.12. The fourth-order valence-corrected chi connectivity index (χ4v) is 2.75. The van der Waals surface area contributed by atoms with Gasteiger partial charge in [-0.1, -0.05) is 30.3 Å². The van der Waals surface area contributed by atoms with Crippen molar-refractivity contribution in [2.45, 2.75) is 5.75 Å². The molecule has 1 atom stereocenters. The highest BCUT2D eigenvalue weighted by Crippen LogP contribution is 2.17. The maximum atomic E-state index is 11.8. The lowest BCUT2D eigenvalue weighted by molar-refractivity contribution is 0.218. The third-order valence-corrected chi connectivity index (χ3v) is 4.00. The van der Waals surface area contributed by atoms with Crippen molar-refractivity contribution in [3.63, 3.8) is 0 Å². The number of hydrogen-bond acceptors (Lipinski definition) is 4. The first-order valence-electron chi connectivity index (χ1n) is 6.00. The van der Waals surface area contributed by atoms with Crippen molar-refractivity contribution in [1.29, 1.82) is 0 Å². The molecule has 102 valence electrons. The number of ether oxygens (including phenoxy) is 1. The van der Waals surface area contributed by atoms with Crippen molar-refractivity contribution in [3.8, 4) is 11.4 Å². The van der Waals surface area contributed by atoms with E-state index in [-0.39, 0.29) is 0 Å². The van der Waals surface area contributed by atoms with Crippen LogP contribution >= 0.6 is 0 Å². The molecule has 2 rings (SSSR count). The Balaban J connectivity index is 2.13. The molecule has 0 unspecified atom stereocenters. The first-order valence-corrected chi connectivity index (χ1v) is 7.48. The van der Waals surface area contributed by atoms with Gasteiger partial charge in [0, 0.05) is 36.3 Å². The SMILES string of the molecule is COCC[S@](=O)Cc1nnc(-c2ccccc2)n1C. The second-order valence-electron chi connectivity index (χ2n) is 4.15.